The van der Waals surface area contributed by atoms with Crippen LogP contribution in [0.25, 0.3) is 0 Å². The molecule has 33 heavy (non-hydrogen) atoms. The molecule has 2 heterocycles. The highest BCUT2D eigenvalue weighted by Gasteiger charge is 2.35. The molecule has 1 saturated heterocycles. The number of aromatic nitrogens is 1. The molecule has 1 aromatic heterocycles. The first kappa shape index (κ1) is 23.4. The number of aryl methyl sites for hydroxylation is 2. The number of nitrogens with zero attached hydrogens (tertiary/aromatic N) is 2. The third-order valence-electron chi connectivity index (χ3n) is 5.55. The summed E-state index contributed by atoms with van der Waals surface area (Å²) in [7, 11) is 0. The summed E-state index contributed by atoms with van der Waals surface area (Å²) >= 11 is 7.61. The number of hydrogen-bond acceptors (Lipinski definition) is 5. The Balaban J connectivity index is 1.77. The fourth-order valence-electron chi connectivity index (χ4n) is 4.02. The zero-order valence-electron chi connectivity index (χ0n) is 18.6. The van der Waals surface area contributed by atoms with Crippen LogP contribution in [0.3, 0.4) is 0 Å². The summed E-state index contributed by atoms with van der Waals surface area (Å²) in [5.41, 5.74) is 1.88. The van der Waals surface area contributed by atoms with E-state index in [1.165, 1.54) is 16.2 Å². The molecule has 6 nitrogen and oxygen atoms in total. The van der Waals surface area contributed by atoms with Crippen LogP contribution in [-0.2, 0) is 9.53 Å². The molecule has 0 saturated carbocycles. The number of benzene rings is 2. The van der Waals surface area contributed by atoms with Crippen molar-refractivity contribution in [3.63, 3.8) is 0 Å². The largest absolute Gasteiger partial charge is 0.376 e. The van der Waals surface area contributed by atoms with Gasteiger partial charge in [-0.2, -0.15) is 0 Å². The summed E-state index contributed by atoms with van der Waals surface area (Å²) in [5, 5.41) is 4.28. The smallest absolute Gasteiger partial charge is 0.271 e. The highest BCUT2D eigenvalue weighted by Crippen LogP contribution is 2.33. The number of nitrogens with one attached hydrogen (secondary N) is 1. The molecule has 2 aromatic carbocycles. The van der Waals surface area contributed by atoms with Crippen LogP contribution in [0.5, 0.6) is 0 Å². The first-order valence-electron chi connectivity index (χ1n) is 10.9. The molecule has 8 heteroatoms. The SMILES string of the molecule is Cc1nc(C)c(C(=O)N(c2cccc(Cl)c2)C(C(=O)NCC2CCCO2)c2ccccc2)s1. The normalized spacial score (nSPS) is 16.4. The van der Waals surface area contributed by atoms with Gasteiger partial charge in [0, 0.05) is 23.9 Å². The molecule has 172 valence electrons. The predicted octanol–water partition coefficient (Wildman–Crippen LogP) is 5.10. The number of ether oxygens (including phenoxy) is 1. The topological polar surface area (TPSA) is 71.5 Å². The number of rotatable bonds is 7. The third kappa shape index (κ3) is 5.43. The van der Waals surface area contributed by atoms with Gasteiger partial charge in [0.05, 0.1) is 16.8 Å². The van der Waals surface area contributed by atoms with E-state index in [1.54, 1.807) is 24.3 Å². The van der Waals surface area contributed by atoms with E-state index >= 15 is 0 Å². The van der Waals surface area contributed by atoms with Gasteiger partial charge in [0.25, 0.3) is 5.91 Å². The van der Waals surface area contributed by atoms with Gasteiger partial charge in [-0.05, 0) is 50.5 Å². The lowest BCUT2D eigenvalue weighted by Crippen LogP contribution is -2.45. The van der Waals surface area contributed by atoms with Crippen molar-refractivity contribution in [2.75, 3.05) is 18.1 Å². The van der Waals surface area contributed by atoms with Crippen molar-refractivity contribution in [1.82, 2.24) is 10.3 Å². The number of hydrogen-bond donors (Lipinski definition) is 1. The molecular weight excluding hydrogens is 458 g/mol. The van der Waals surface area contributed by atoms with Crippen molar-refractivity contribution < 1.29 is 14.3 Å². The van der Waals surface area contributed by atoms with E-state index in [9.17, 15) is 9.59 Å². The minimum Gasteiger partial charge on any atom is -0.376 e. The zero-order valence-corrected chi connectivity index (χ0v) is 20.2. The first-order chi connectivity index (χ1) is 15.9. The molecule has 4 rings (SSSR count). The Morgan fingerprint density at radius 2 is 2.00 bits per heavy atom. The Bertz CT molecular complexity index is 1130. The summed E-state index contributed by atoms with van der Waals surface area (Å²) in [6.45, 7) is 4.78. The van der Waals surface area contributed by atoms with Gasteiger partial charge in [0.2, 0.25) is 5.91 Å². The molecule has 2 atom stereocenters. The van der Waals surface area contributed by atoms with Crippen LogP contribution in [0.4, 0.5) is 5.69 Å². The van der Waals surface area contributed by atoms with Crippen LogP contribution < -0.4 is 10.2 Å². The van der Waals surface area contributed by atoms with Gasteiger partial charge < -0.3 is 10.1 Å². The van der Waals surface area contributed by atoms with Crippen LogP contribution in [0.1, 0.15) is 44.8 Å². The van der Waals surface area contributed by atoms with Crippen LogP contribution >= 0.6 is 22.9 Å². The molecule has 1 aliphatic rings. The maximum atomic E-state index is 13.9. The molecular formula is C25H26ClN3O3S. The van der Waals surface area contributed by atoms with Gasteiger partial charge in [-0.15, -0.1) is 11.3 Å². The Labute approximate surface area is 202 Å². The predicted molar refractivity (Wildman–Crippen MR) is 131 cm³/mol. The van der Waals surface area contributed by atoms with Crippen molar-refractivity contribution >= 4 is 40.4 Å². The quantitative estimate of drug-likeness (QED) is 0.507. The summed E-state index contributed by atoms with van der Waals surface area (Å²) in [5.74, 6) is -0.564. The lowest BCUT2D eigenvalue weighted by atomic mass is 10.0. The van der Waals surface area contributed by atoms with Crippen LogP contribution in [0.15, 0.2) is 54.6 Å². The molecule has 0 radical (unpaired) electrons. The Morgan fingerprint density at radius 1 is 1.21 bits per heavy atom. The van der Waals surface area contributed by atoms with Crippen LogP contribution in [-0.4, -0.2) is 36.1 Å². The molecule has 3 aromatic rings. The highest BCUT2D eigenvalue weighted by molar-refractivity contribution is 7.13. The number of carbonyl (C=O) groups excluding carboxylic acids is 2. The highest BCUT2D eigenvalue weighted by atomic mass is 35.5. The van der Waals surface area contributed by atoms with E-state index in [-0.39, 0.29) is 17.9 Å². The lowest BCUT2D eigenvalue weighted by molar-refractivity contribution is -0.123. The van der Waals surface area contributed by atoms with Crippen LogP contribution in [0.2, 0.25) is 5.02 Å². The first-order valence-corrected chi connectivity index (χ1v) is 12.1. The van der Waals surface area contributed by atoms with Gasteiger partial charge in [0.1, 0.15) is 10.9 Å². The van der Waals surface area contributed by atoms with Gasteiger partial charge in [0.15, 0.2) is 0 Å². The fraction of sp³-hybridized carbons (Fsp3) is 0.320. The number of amides is 2. The molecule has 2 unspecified atom stereocenters. The second-order valence-corrected chi connectivity index (χ2v) is 9.64. The monoisotopic (exact) mass is 483 g/mol. The number of anilines is 1. The molecule has 0 spiro atoms. The maximum absolute atomic E-state index is 13.9. The second-order valence-electron chi connectivity index (χ2n) is 8.00. The third-order valence-corrected chi connectivity index (χ3v) is 6.85. The maximum Gasteiger partial charge on any atom is 0.271 e. The number of carbonyl (C=O) groups is 2. The van der Waals surface area contributed by atoms with Crippen molar-refractivity contribution in [1.29, 1.82) is 0 Å². The number of thiazole rings is 1. The minimum absolute atomic E-state index is 0.00733. The van der Waals surface area contributed by atoms with E-state index in [2.05, 4.69) is 10.3 Å². The van der Waals surface area contributed by atoms with Gasteiger partial charge in [-0.1, -0.05) is 48.0 Å². The van der Waals surface area contributed by atoms with Crippen molar-refractivity contribution in [3.8, 4) is 0 Å². The number of halogens is 1. The molecule has 1 fully saturated rings. The summed E-state index contributed by atoms with van der Waals surface area (Å²) < 4.78 is 5.67. The van der Waals surface area contributed by atoms with E-state index in [0.717, 1.165) is 17.8 Å². The van der Waals surface area contributed by atoms with Crippen molar-refractivity contribution in [2.24, 2.45) is 0 Å². The lowest BCUT2D eigenvalue weighted by Gasteiger charge is -2.31. The molecule has 1 N–H and O–H groups in total. The van der Waals surface area contributed by atoms with E-state index < -0.39 is 6.04 Å². The summed E-state index contributed by atoms with van der Waals surface area (Å²) in [4.78, 5) is 34.0. The van der Waals surface area contributed by atoms with Crippen LogP contribution in [0, 0.1) is 13.8 Å². The Hall–Kier alpha value is -2.74. The van der Waals surface area contributed by atoms with E-state index in [1.807, 2.05) is 44.2 Å². The Kier molecular flexibility index (Phi) is 7.42. The van der Waals surface area contributed by atoms with Gasteiger partial charge in [-0.3, -0.25) is 14.5 Å². The van der Waals surface area contributed by atoms with Crippen molar-refractivity contribution in [3.05, 3.63) is 80.8 Å². The van der Waals surface area contributed by atoms with Gasteiger partial charge >= 0.3 is 0 Å². The molecule has 1 aliphatic heterocycles. The summed E-state index contributed by atoms with van der Waals surface area (Å²) in [6.07, 6.45) is 1.89. The average molecular weight is 484 g/mol. The second kappa shape index (κ2) is 10.5. The van der Waals surface area contributed by atoms with E-state index in [4.69, 9.17) is 16.3 Å². The van der Waals surface area contributed by atoms with Gasteiger partial charge in [-0.25, -0.2) is 4.98 Å². The molecule has 0 bridgehead atoms. The Morgan fingerprint density at radius 3 is 2.64 bits per heavy atom. The summed E-state index contributed by atoms with van der Waals surface area (Å²) in [6, 6.07) is 15.4. The molecule has 0 aliphatic carbocycles. The minimum atomic E-state index is -0.889. The fourth-order valence-corrected chi connectivity index (χ4v) is 5.06. The zero-order chi connectivity index (χ0) is 23.4. The molecule has 2 amide bonds. The standard InChI is InChI=1S/C25H26ClN3O3S/c1-16-23(33-17(2)28-16)25(31)29(20-11-6-10-19(26)14-20)22(18-8-4-3-5-9-18)24(30)27-15-21-12-7-13-32-21/h3-6,8-11,14,21-22H,7,12-13,15H2,1-2H3,(H,27,30). The van der Waals surface area contributed by atoms with Crippen molar-refractivity contribution in [2.45, 2.75) is 38.8 Å². The average Bonchev–Trinajstić information content (AvgIpc) is 3.45. The van der Waals surface area contributed by atoms with E-state index in [0.29, 0.717) is 40.0 Å².